The van der Waals surface area contributed by atoms with E-state index in [0.29, 0.717) is 24.5 Å². The maximum atomic E-state index is 12.1. The molecule has 0 aliphatic rings. The van der Waals surface area contributed by atoms with Gasteiger partial charge >= 0.3 is 11.8 Å². The predicted octanol–water partition coefficient (Wildman–Crippen LogP) is 2.16. The Morgan fingerprint density at radius 2 is 1.80 bits per heavy atom. The van der Waals surface area contributed by atoms with Crippen molar-refractivity contribution in [3.05, 3.63) is 23.8 Å². The van der Waals surface area contributed by atoms with Crippen LogP contribution in [0, 0.1) is 6.92 Å². The summed E-state index contributed by atoms with van der Waals surface area (Å²) in [6, 6.07) is 5.31. The van der Waals surface area contributed by atoms with Crippen LogP contribution in [0.1, 0.15) is 32.3 Å². The van der Waals surface area contributed by atoms with Gasteiger partial charge in [-0.05, 0) is 37.5 Å². The van der Waals surface area contributed by atoms with Gasteiger partial charge in [-0.15, -0.1) is 0 Å². The number of nitrogens with two attached hydrogens (primary N) is 1. The Kier molecular flexibility index (Phi) is 6.03. The molecule has 110 valence electrons. The Morgan fingerprint density at radius 1 is 1.20 bits per heavy atom. The lowest BCUT2D eigenvalue weighted by molar-refractivity contribution is -0.143. The van der Waals surface area contributed by atoms with Gasteiger partial charge in [0.25, 0.3) is 0 Å². The molecule has 5 heteroatoms. The molecule has 0 heterocycles. The van der Waals surface area contributed by atoms with Crippen molar-refractivity contribution >= 4 is 23.2 Å². The van der Waals surface area contributed by atoms with Gasteiger partial charge in [-0.2, -0.15) is 0 Å². The highest BCUT2D eigenvalue weighted by Gasteiger charge is 2.21. The predicted molar refractivity (Wildman–Crippen MR) is 81.4 cm³/mol. The smallest absolute Gasteiger partial charge is 0.313 e. The summed E-state index contributed by atoms with van der Waals surface area (Å²) in [4.78, 5) is 25.6. The molecule has 0 bridgehead atoms. The standard InChI is InChI=1S/C15H23N3O2/c1-4-8-18(9-5-2)15(20)14(19)17-13-7-6-11(3)10-12(13)16/h6-7,10H,4-5,8-9,16H2,1-3H3,(H,17,19). The summed E-state index contributed by atoms with van der Waals surface area (Å²) in [7, 11) is 0. The number of anilines is 2. The normalized spacial score (nSPS) is 10.2. The molecule has 0 radical (unpaired) electrons. The van der Waals surface area contributed by atoms with E-state index in [1.165, 1.54) is 0 Å². The molecular formula is C15H23N3O2. The van der Waals surface area contributed by atoms with Crippen molar-refractivity contribution in [2.75, 3.05) is 24.1 Å². The van der Waals surface area contributed by atoms with Crippen LogP contribution in [0.5, 0.6) is 0 Å². The topological polar surface area (TPSA) is 75.4 Å². The molecular weight excluding hydrogens is 254 g/mol. The molecule has 1 aromatic rings. The molecule has 0 aliphatic heterocycles. The lowest BCUT2D eigenvalue weighted by atomic mass is 10.2. The molecule has 3 N–H and O–H groups in total. The lowest BCUT2D eigenvalue weighted by Crippen LogP contribution is -2.40. The minimum Gasteiger partial charge on any atom is -0.397 e. The second-order valence-corrected chi connectivity index (χ2v) is 4.84. The number of nitrogen functional groups attached to an aromatic ring is 1. The van der Waals surface area contributed by atoms with Crippen LogP contribution in [0.15, 0.2) is 18.2 Å². The van der Waals surface area contributed by atoms with E-state index >= 15 is 0 Å². The van der Waals surface area contributed by atoms with Crippen molar-refractivity contribution in [1.29, 1.82) is 0 Å². The third kappa shape index (κ3) is 4.26. The van der Waals surface area contributed by atoms with E-state index in [9.17, 15) is 9.59 Å². The van der Waals surface area contributed by atoms with Gasteiger partial charge in [-0.25, -0.2) is 0 Å². The van der Waals surface area contributed by atoms with E-state index in [1.807, 2.05) is 26.8 Å². The summed E-state index contributed by atoms with van der Waals surface area (Å²) in [5.74, 6) is -1.14. The molecule has 1 aromatic carbocycles. The highest BCUT2D eigenvalue weighted by Crippen LogP contribution is 2.19. The molecule has 0 unspecified atom stereocenters. The molecule has 20 heavy (non-hydrogen) atoms. The largest absolute Gasteiger partial charge is 0.397 e. The van der Waals surface area contributed by atoms with E-state index in [0.717, 1.165) is 18.4 Å². The zero-order valence-corrected chi connectivity index (χ0v) is 12.4. The zero-order valence-electron chi connectivity index (χ0n) is 12.4. The zero-order chi connectivity index (χ0) is 15.1. The first kappa shape index (κ1) is 16.0. The number of carbonyl (C=O) groups excluding carboxylic acids is 2. The van der Waals surface area contributed by atoms with Crippen molar-refractivity contribution in [2.24, 2.45) is 0 Å². The molecule has 5 nitrogen and oxygen atoms in total. The number of nitrogens with zero attached hydrogens (tertiary/aromatic N) is 1. The van der Waals surface area contributed by atoms with E-state index in [1.54, 1.807) is 17.0 Å². The van der Waals surface area contributed by atoms with Crippen LogP contribution in [0.2, 0.25) is 0 Å². The number of benzene rings is 1. The van der Waals surface area contributed by atoms with Crippen molar-refractivity contribution in [1.82, 2.24) is 4.90 Å². The molecule has 0 aliphatic carbocycles. The van der Waals surface area contributed by atoms with Gasteiger partial charge in [-0.1, -0.05) is 19.9 Å². The first-order valence-electron chi connectivity index (χ1n) is 6.96. The summed E-state index contributed by atoms with van der Waals surface area (Å²) in [6.07, 6.45) is 1.65. The van der Waals surface area contributed by atoms with Crippen LogP contribution in [0.4, 0.5) is 11.4 Å². The van der Waals surface area contributed by atoms with Gasteiger partial charge in [0.15, 0.2) is 0 Å². The molecule has 0 atom stereocenters. The minimum absolute atomic E-state index is 0.462. The minimum atomic E-state index is -0.637. The summed E-state index contributed by atoms with van der Waals surface area (Å²) in [6.45, 7) is 7.04. The Hall–Kier alpha value is -2.04. The van der Waals surface area contributed by atoms with Crippen molar-refractivity contribution in [2.45, 2.75) is 33.6 Å². The molecule has 0 spiro atoms. The van der Waals surface area contributed by atoms with E-state index in [4.69, 9.17) is 5.73 Å². The van der Waals surface area contributed by atoms with Gasteiger partial charge in [0, 0.05) is 13.1 Å². The van der Waals surface area contributed by atoms with Crippen LogP contribution in [0.3, 0.4) is 0 Å². The molecule has 2 amide bonds. The highest BCUT2D eigenvalue weighted by molar-refractivity contribution is 6.39. The van der Waals surface area contributed by atoms with Gasteiger partial charge < -0.3 is 16.0 Å². The first-order chi connectivity index (χ1) is 9.49. The molecule has 0 aromatic heterocycles. The average Bonchev–Trinajstić information content (AvgIpc) is 2.40. The van der Waals surface area contributed by atoms with Crippen LogP contribution in [0.25, 0.3) is 0 Å². The summed E-state index contributed by atoms with van der Waals surface area (Å²) >= 11 is 0. The van der Waals surface area contributed by atoms with E-state index in [-0.39, 0.29) is 0 Å². The quantitative estimate of drug-likeness (QED) is 0.639. The fraction of sp³-hybridized carbons (Fsp3) is 0.467. The van der Waals surface area contributed by atoms with E-state index < -0.39 is 11.8 Å². The molecule has 1 rings (SSSR count). The summed E-state index contributed by atoms with van der Waals surface area (Å²) in [5.41, 5.74) is 7.76. The highest BCUT2D eigenvalue weighted by atomic mass is 16.2. The molecule has 0 saturated carbocycles. The second kappa shape index (κ2) is 7.53. The Morgan fingerprint density at radius 3 is 2.30 bits per heavy atom. The molecule has 0 saturated heterocycles. The molecule has 0 fully saturated rings. The van der Waals surface area contributed by atoms with Gasteiger partial charge in [0.2, 0.25) is 0 Å². The van der Waals surface area contributed by atoms with Crippen LogP contribution < -0.4 is 11.1 Å². The fourth-order valence-corrected chi connectivity index (χ4v) is 1.97. The third-order valence-corrected chi connectivity index (χ3v) is 2.92. The number of hydrogen-bond acceptors (Lipinski definition) is 3. The summed E-state index contributed by atoms with van der Waals surface area (Å²) in [5, 5.41) is 2.58. The number of aryl methyl sites for hydroxylation is 1. The number of amides is 2. The van der Waals surface area contributed by atoms with E-state index in [2.05, 4.69) is 5.32 Å². The number of rotatable bonds is 5. The van der Waals surface area contributed by atoms with Gasteiger partial charge in [0.05, 0.1) is 11.4 Å². The Balaban J connectivity index is 2.76. The first-order valence-corrected chi connectivity index (χ1v) is 6.96. The SMILES string of the molecule is CCCN(CCC)C(=O)C(=O)Nc1ccc(C)cc1N. The summed E-state index contributed by atoms with van der Waals surface area (Å²) < 4.78 is 0. The Bertz CT molecular complexity index is 480. The van der Waals surface area contributed by atoms with Crippen LogP contribution >= 0.6 is 0 Å². The van der Waals surface area contributed by atoms with Crippen molar-refractivity contribution in [3.63, 3.8) is 0 Å². The van der Waals surface area contributed by atoms with Gasteiger partial charge in [0.1, 0.15) is 0 Å². The fourth-order valence-electron chi connectivity index (χ4n) is 1.97. The average molecular weight is 277 g/mol. The monoisotopic (exact) mass is 277 g/mol. The number of nitrogens with one attached hydrogen (secondary N) is 1. The number of carbonyl (C=O) groups is 2. The van der Waals surface area contributed by atoms with Gasteiger partial charge in [-0.3, -0.25) is 9.59 Å². The second-order valence-electron chi connectivity index (χ2n) is 4.84. The Labute approximate surface area is 120 Å². The van der Waals surface area contributed by atoms with Crippen molar-refractivity contribution in [3.8, 4) is 0 Å². The van der Waals surface area contributed by atoms with Crippen LogP contribution in [-0.4, -0.2) is 29.8 Å². The van der Waals surface area contributed by atoms with Crippen molar-refractivity contribution < 1.29 is 9.59 Å². The lowest BCUT2D eigenvalue weighted by Gasteiger charge is -2.20. The third-order valence-electron chi connectivity index (χ3n) is 2.92. The maximum Gasteiger partial charge on any atom is 0.313 e. The number of hydrogen-bond donors (Lipinski definition) is 2. The van der Waals surface area contributed by atoms with Crippen LogP contribution in [-0.2, 0) is 9.59 Å². The maximum absolute atomic E-state index is 12.1.